The molecule has 0 unspecified atom stereocenters. The molecule has 0 saturated carbocycles. The molecule has 0 bridgehead atoms. The first-order valence-electron chi connectivity index (χ1n) is 4.14. The summed E-state index contributed by atoms with van der Waals surface area (Å²) in [5.74, 6) is 0. The van der Waals surface area contributed by atoms with E-state index in [1.165, 1.54) is 0 Å². The van der Waals surface area contributed by atoms with Crippen LogP contribution in [0.25, 0.3) is 0 Å². The largest absolute Gasteiger partial charge is 0.394 e. The van der Waals surface area contributed by atoms with E-state index >= 15 is 0 Å². The second kappa shape index (κ2) is 5.00. The zero-order valence-corrected chi connectivity index (χ0v) is 7.44. The van der Waals surface area contributed by atoms with Crippen molar-refractivity contribution in [3.63, 3.8) is 0 Å². The minimum atomic E-state index is 0.107. The van der Waals surface area contributed by atoms with Gasteiger partial charge in [-0.3, -0.25) is 0 Å². The van der Waals surface area contributed by atoms with Crippen LogP contribution in [0.15, 0.2) is 12.4 Å². The van der Waals surface area contributed by atoms with E-state index < -0.39 is 0 Å². The Labute approximate surface area is 73.0 Å². The van der Waals surface area contributed by atoms with Crippen LogP contribution in [0.3, 0.4) is 0 Å². The van der Waals surface area contributed by atoms with E-state index in [4.69, 9.17) is 9.84 Å². The van der Waals surface area contributed by atoms with Crippen LogP contribution in [-0.2, 0) is 4.74 Å². The van der Waals surface area contributed by atoms with E-state index in [1.807, 2.05) is 19.4 Å². The van der Waals surface area contributed by atoms with E-state index in [9.17, 15) is 0 Å². The summed E-state index contributed by atoms with van der Waals surface area (Å²) in [7, 11) is 2.03. The maximum atomic E-state index is 8.44. The summed E-state index contributed by atoms with van der Waals surface area (Å²) < 4.78 is 5.14. The highest BCUT2D eigenvalue weighted by molar-refractivity contribution is 4.88. The Morgan fingerprint density at radius 3 is 2.83 bits per heavy atom. The van der Waals surface area contributed by atoms with Gasteiger partial charge in [0.2, 0.25) is 0 Å². The summed E-state index contributed by atoms with van der Waals surface area (Å²) in [6.45, 7) is 3.05. The fraction of sp³-hybridized carbons (Fsp3) is 0.750. The molecule has 1 heterocycles. The molecule has 1 rings (SSSR count). The fourth-order valence-electron chi connectivity index (χ4n) is 1.08. The molecular formula is C8H16N2O2. The van der Waals surface area contributed by atoms with Gasteiger partial charge < -0.3 is 19.6 Å². The molecule has 4 heteroatoms. The molecule has 0 aromatic rings. The number of aliphatic hydroxyl groups excluding tert-OH is 1. The molecule has 0 amide bonds. The predicted molar refractivity (Wildman–Crippen MR) is 46.4 cm³/mol. The van der Waals surface area contributed by atoms with Crippen LogP contribution >= 0.6 is 0 Å². The third-order valence-electron chi connectivity index (χ3n) is 1.70. The van der Waals surface area contributed by atoms with Gasteiger partial charge in [0.05, 0.1) is 26.5 Å². The lowest BCUT2D eigenvalue weighted by Gasteiger charge is -2.17. The molecule has 0 fully saturated rings. The van der Waals surface area contributed by atoms with E-state index in [1.54, 1.807) is 0 Å². The maximum Gasteiger partial charge on any atom is 0.0891 e. The topological polar surface area (TPSA) is 35.9 Å². The third-order valence-corrected chi connectivity index (χ3v) is 1.70. The summed E-state index contributed by atoms with van der Waals surface area (Å²) in [4.78, 5) is 4.27. The van der Waals surface area contributed by atoms with E-state index in [-0.39, 0.29) is 6.61 Å². The number of aliphatic hydroxyl groups is 1. The minimum Gasteiger partial charge on any atom is -0.394 e. The van der Waals surface area contributed by atoms with Gasteiger partial charge in [-0.2, -0.15) is 0 Å². The van der Waals surface area contributed by atoms with Gasteiger partial charge in [-0.1, -0.05) is 0 Å². The van der Waals surface area contributed by atoms with Gasteiger partial charge in [-0.05, 0) is 0 Å². The maximum absolute atomic E-state index is 8.44. The summed E-state index contributed by atoms with van der Waals surface area (Å²) in [6, 6.07) is 0. The Morgan fingerprint density at radius 1 is 1.42 bits per heavy atom. The van der Waals surface area contributed by atoms with Crippen molar-refractivity contribution in [3.05, 3.63) is 12.4 Å². The lowest BCUT2D eigenvalue weighted by Crippen LogP contribution is -2.26. The van der Waals surface area contributed by atoms with Crippen LogP contribution in [0.2, 0.25) is 0 Å². The number of ether oxygens (including phenoxy) is 1. The third kappa shape index (κ3) is 3.11. The first kappa shape index (κ1) is 9.35. The van der Waals surface area contributed by atoms with Crippen LogP contribution in [0.4, 0.5) is 0 Å². The van der Waals surface area contributed by atoms with Crippen molar-refractivity contribution in [2.75, 3.05) is 40.1 Å². The summed E-state index contributed by atoms with van der Waals surface area (Å²) in [5, 5.41) is 8.44. The molecule has 0 atom stereocenters. The lowest BCUT2D eigenvalue weighted by molar-refractivity contribution is 0.0793. The van der Waals surface area contributed by atoms with Crippen molar-refractivity contribution in [1.29, 1.82) is 0 Å². The fourth-order valence-corrected chi connectivity index (χ4v) is 1.08. The SMILES string of the molecule is CN1C=CN(CCOCCO)C1. The molecule has 12 heavy (non-hydrogen) atoms. The van der Waals surface area contributed by atoms with Gasteiger partial charge >= 0.3 is 0 Å². The molecule has 0 spiro atoms. The van der Waals surface area contributed by atoms with Crippen molar-refractivity contribution >= 4 is 0 Å². The molecule has 1 aliphatic rings. The van der Waals surface area contributed by atoms with Crippen LogP contribution in [0, 0.1) is 0 Å². The molecule has 0 aromatic carbocycles. The van der Waals surface area contributed by atoms with Crippen LogP contribution < -0.4 is 0 Å². The van der Waals surface area contributed by atoms with Crippen molar-refractivity contribution < 1.29 is 9.84 Å². The van der Waals surface area contributed by atoms with Gasteiger partial charge in [0.1, 0.15) is 0 Å². The number of hydrogen-bond acceptors (Lipinski definition) is 4. The first-order chi connectivity index (χ1) is 5.83. The monoisotopic (exact) mass is 172 g/mol. The second-order valence-electron chi connectivity index (χ2n) is 2.84. The normalized spacial score (nSPS) is 16.2. The summed E-state index contributed by atoms with van der Waals surface area (Å²) >= 11 is 0. The van der Waals surface area contributed by atoms with Crippen molar-refractivity contribution in [1.82, 2.24) is 9.80 Å². The quantitative estimate of drug-likeness (QED) is 0.576. The standard InChI is InChI=1S/C8H16N2O2/c1-9-2-3-10(8-9)4-6-12-7-5-11/h2-3,11H,4-8H2,1H3. The molecule has 0 saturated heterocycles. The minimum absolute atomic E-state index is 0.107. The average Bonchev–Trinajstić information content (AvgIpc) is 2.45. The smallest absolute Gasteiger partial charge is 0.0891 e. The molecule has 1 aliphatic heterocycles. The molecular weight excluding hydrogens is 156 g/mol. The highest BCUT2D eigenvalue weighted by Gasteiger charge is 2.06. The van der Waals surface area contributed by atoms with E-state index in [0.717, 1.165) is 13.2 Å². The van der Waals surface area contributed by atoms with Gasteiger partial charge in [-0.15, -0.1) is 0 Å². The van der Waals surface area contributed by atoms with E-state index in [2.05, 4.69) is 9.80 Å². The van der Waals surface area contributed by atoms with E-state index in [0.29, 0.717) is 13.2 Å². The Bertz CT molecular complexity index is 150. The number of nitrogens with zero attached hydrogens (tertiary/aromatic N) is 2. The number of rotatable bonds is 5. The Morgan fingerprint density at radius 2 is 2.25 bits per heavy atom. The molecule has 1 N–H and O–H groups in total. The highest BCUT2D eigenvalue weighted by Crippen LogP contribution is 2.02. The Balaban J connectivity index is 1.98. The van der Waals surface area contributed by atoms with Gasteiger partial charge in [0, 0.05) is 26.0 Å². The molecule has 0 aliphatic carbocycles. The number of hydrogen-bond donors (Lipinski definition) is 1. The zero-order chi connectivity index (χ0) is 8.81. The lowest BCUT2D eigenvalue weighted by atomic mass is 10.6. The molecule has 0 aromatic heterocycles. The van der Waals surface area contributed by atoms with Crippen molar-refractivity contribution in [3.8, 4) is 0 Å². The van der Waals surface area contributed by atoms with Crippen molar-refractivity contribution in [2.45, 2.75) is 0 Å². The molecule has 0 radical (unpaired) electrons. The second-order valence-corrected chi connectivity index (χ2v) is 2.84. The average molecular weight is 172 g/mol. The van der Waals surface area contributed by atoms with Gasteiger partial charge in [0.25, 0.3) is 0 Å². The van der Waals surface area contributed by atoms with Crippen LogP contribution in [0.5, 0.6) is 0 Å². The van der Waals surface area contributed by atoms with Crippen molar-refractivity contribution in [2.24, 2.45) is 0 Å². The zero-order valence-electron chi connectivity index (χ0n) is 7.44. The molecule has 4 nitrogen and oxygen atoms in total. The highest BCUT2D eigenvalue weighted by atomic mass is 16.5. The predicted octanol–water partition coefficient (Wildman–Crippen LogP) is -0.329. The van der Waals surface area contributed by atoms with Gasteiger partial charge in [0.15, 0.2) is 0 Å². The van der Waals surface area contributed by atoms with Crippen LogP contribution in [0.1, 0.15) is 0 Å². The van der Waals surface area contributed by atoms with Gasteiger partial charge in [-0.25, -0.2) is 0 Å². The van der Waals surface area contributed by atoms with Crippen LogP contribution in [-0.4, -0.2) is 55.0 Å². The summed E-state index contributed by atoms with van der Waals surface area (Å²) in [6.07, 6.45) is 4.08. The Hall–Kier alpha value is -0.740. The first-order valence-corrected chi connectivity index (χ1v) is 4.14. The summed E-state index contributed by atoms with van der Waals surface area (Å²) in [5.41, 5.74) is 0. The Kier molecular flexibility index (Phi) is 3.90. The molecule has 70 valence electrons.